The number of carbonyl (C=O) groups excluding carboxylic acids is 1. The number of aromatic nitrogens is 2. The lowest BCUT2D eigenvalue weighted by Crippen LogP contribution is -2.28. The van der Waals surface area contributed by atoms with Crippen molar-refractivity contribution < 1.29 is 9.53 Å². The summed E-state index contributed by atoms with van der Waals surface area (Å²) in [6.07, 6.45) is 0.808. The van der Waals surface area contributed by atoms with Crippen LogP contribution in [0.15, 0.2) is 34.2 Å². The fourth-order valence-corrected chi connectivity index (χ4v) is 5.41. The molecule has 0 unspecified atom stereocenters. The van der Waals surface area contributed by atoms with Crippen molar-refractivity contribution in [3.8, 4) is 5.69 Å². The highest BCUT2D eigenvalue weighted by Crippen LogP contribution is 2.36. The molecule has 6 nitrogen and oxygen atoms in total. The van der Waals surface area contributed by atoms with Crippen molar-refractivity contribution in [2.24, 2.45) is 11.7 Å². The zero-order chi connectivity index (χ0) is 20.7. The molecule has 1 amide bonds. The summed E-state index contributed by atoms with van der Waals surface area (Å²) in [6.45, 7) is 6.77. The van der Waals surface area contributed by atoms with Gasteiger partial charge < -0.3 is 10.5 Å². The number of carbonyl (C=O) groups is 1. The Bertz CT molecular complexity index is 1130. The third kappa shape index (κ3) is 3.84. The first-order valence-electron chi connectivity index (χ1n) is 9.52. The van der Waals surface area contributed by atoms with Crippen LogP contribution in [0, 0.1) is 12.8 Å². The average molecular weight is 430 g/mol. The van der Waals surface area contributed by atoms with Gasteiger partial charge in [-0.1, -0.05) is 43.3 Å². The van der Waals surface area contributed by atoms with Gasteiger partial charge in [-0.05, 0) is 30.5 Å². The molecule has 152 valence electrons. The highest BCUT2D eigenvalue weighted by Gasteiger charge is 2.28. The van der Waals surface area contributed by atoms with E-state index in [9.17, 15) is 9.59 Å². The number of nitrogens with zero attached hydrogens (tertiary/aromatic N) is 2. The number of aryl methyl sites for hydroxylation is 1. The number of rotatable bonds is 5. The normalized spacial score (nSPS) is 16.3. The first-order valence-corrected chi connectivity index (χ1v) is 11.3. The van der Waals surface area contributed by atoms with E-state index in [1.807, 2.05) is 31.2 Å². The fraction of sp³-hybridized carbons (Fsp3) is 0.381. The van der Waals surface area contributed by atoms with Crippen LogP contribution >= 0.6 is 23.1 Å². The minimum atomic E-state index is -0.446. The number of benzene rings is 1. The molecule has 1 aliphatic heterocycles. The maximum absolute atomic E-state index is 13.6. The Morgan fingerprint density at radius 3 is 2.76 bits per heavy atom. The van der Waals surface area contributed by atoms with E-state index in [-0.39, 0.29) is 17.4 Å². The van der Waals surface area contributed by atoms with Crippen LogP contribution in [-0.2, 0) is 22.6 Å². The van der Waals surface area contributed by atoms with Crippen LogP contribution in [0.3, 0.4) is 0 Å². The van der Waals surface area contributed by atoms with Crippen LogP contribution in [0.25, 0.3) is 15.9 Å². The van der Waals surface area contributed by atoms with Crippen molar-refractivity contribution in [2.75, 3.05) is 5.75 Å². The van der Waals surface area contributed by atoms with E-state index in [1.165, 1.54) is 23.1 Å². The molecule has 2 N–H and O–H groups in total. The molecule has 2 aromatic heterocycles. The molecular formula is C21H23N3O3S2. The Morgan fingerprint density at radius 2 is 2.10 bits per heavy atom. The Labute approximate surface area is 177 Å². The molecule has 1 atom stereocenters. The van der Waals surface area contributed by atoms with Gasteiger partial charge >= 0.3 is 0 Å². The lowest BCUT2D eigenvalue weighted by atomic mass is 9.96. The van der Waals surface area contributed by atoms with Crippen molar-refractivity contribution in [1.29, 1.82) is 0 Å². The van der Waals surface area contributed by atoms with E-state index in [0.717, 1.165) is 21.7 Å². The molecule has 3 aromatic rings. The number of amides is 1. The summed E-state index contributed by atoms with van der Waals surface area (Å²) >= 11 is 2.69. The predicted octanol–water partition coefficient (Wildman–Crippen LogP) is 3.43. The number of thioether (sulfide) groups is 1. The third-order valence-corrected chi connectivity index (χ3v) is 7.15. The first-order chi connectivity index (χ1) is 13.8. The highest BCUT2D eigenvalue weighted by molar-refractivity contribution is 7.99. The zero-order valence-electron chi connectivity index (χ0n) is 16.6. The summed E-state index contributed by atoms with van der Waals surface area (Å²) in [5, 5.41) is 1.15. The van der Waals surface area contributed by atoms with Crippen molar-refractivity contribution in [3.63, 3.8) is 0 Å². The molecular weight excluding hydrogens is 406 g/mol. The maximum atomic E-state index is 13.6. The van der Waals surface area contributed by atoms with Crippen molar-refractivity contribution in [1.82, 2.24) is 9.55 Å². The molecule has 8 heteroatoms. The minimum Gasteiger partial charge on any atom is -0.372 e. The Hall–Kier alpha value is -2.16. The standard InChI is InChI=1S/C21H23N3O3S2/c1-11(2)15-8-14-16(9-27-15)29-19-18(14)20(26)24(13-6-4-12(3)5-7-13)21(23-19)28-10-17(22)25/h4-7,11,15H,8-10H2,1-3H3,(H2,22,25)/t15-/m1/s1. The molecule has 0 saturated carbocycles. The summed E-state index contributed by atoms with van der Waals surface area (Å²) < 4.78 is 7.58. The van der Waals surface area contributed by atoms with Gasteiger partial charge in [0, 0.05) is 11.3 Å². The monoisotopic (exact) mass is 429 g/mol. The first kappa shape index (κ1) is 20.1. The summed E-state index contributed by atoms with van der Waals surface area (Å²) in [5.41, 5.74) is 8.12. The highest BCUT2D eigenvalue weighted by atomic mass is 32.2. The number of hydrogen-bond acceptors (Lipinski definition) is 6. The second-order valence-corrected chi connectivity index (χ2v) is 9.63. The number of nitrogens with two attached hydrogens (primary N) is 1. The van der Waals surface area contributed by atoms with Gasteiger partial charge in [-0.25, -0.2) is 4.98 Å². The van der Waals surface area contributed by atoms with E-state index >= 15 is 0 Å². The molecule has 0 saturated heterocycles. The summed E-state index contributed by atoms with van der Waals surface area (Å²) in [6, 6.07) is 7.72. The molecule has 0 radical (unpaired) electrons. The summed E-state index contributed by atoms with van der Waals surface area (Å²) in [5.74, 6) is -0.0119. The number of hydrogen-bond donors (Lipinski definition) is 1. The molecule has 1 aliphatic rings. The number of fused-ring (bicyclic) bond motifs is 3. The van der Waals surface area contributed by atoms with Gasteiger partial charge in [-0.15, -0.1) is 11.3 Å². The molecule has 4 rings (SSSR count). The van der Waals surface area contributed by atoms with Crippen molar-refractivity contribution in [2.45, 2.75) is 45.1 Å². The average Bonchev–Trinajstić information content (AvgIpc) is 3.05. The van der Waals surface area contributed by atoms with Gasteiger partial charge in [0.2, 0.25) is 5.91 Å². The second kappa shape index (κ2) is 7.93. The van der Waals surface area contributed by atoms with Crippen LogP contribution in [0.5, 0.6) is 0 Å². The van der Waals surface area contributed by atoms with E-state index in [4.69, 9.17) is 15.5 Å². The zero-order valence-corrected chi connectivity index (χ0v) is 18.2. The second-order valence-electron chi connectivity index (χ2n) is 7.61. The largest absolute Gasteiger partial charge is 0.372 e. The van der Waals surface area contributed by atoms with Gasteiger partial charge in [0.1, 0.15) is 4.83 Å². The smallest absolute Gasteiger partial charge is 0.267 e. The van der Waals surface area contributed by atoms with Gasteiger partial charge in [0.25, 0.3) is 5.56 Å². The fourth-order valence-electron chi connectivity index (χ4n) is 3.49. The molecule has 0 spiro atoms. The molecule has 3 heterocycles. The van der Waals surface area contributed by atoms with Crippen LogP contribution in [0.1, 0.15) is 29.9 Å². The summed E-state index contributed by atoms with van der Waals surface area (Å²) in [7, 11) is 0. The molecule has 0 fully saturated rings. The van der Waals surface area contributed by atoms with E-state index < -0.39 is 5.91 Å². The van der Waals surface area contributed by atoms with Gasteiger partial charge in [-0.3, -0.25) is 14.2 Å². The topological polar surface area (TPSA) is 87.2 Å². The molecule has 0 aliphatic carbocycles. The van der Waals surface area contributed by atoms with E-state index in [1.54, 1.807) is 4.57 Å². The van der Waals surface area contributed by atoms with Gasteiger partial charge in [0.05, 0.1) is 29.5 Å². The Morgan fingerprint density at radius 1 is 1.38 bits per heavy atom. The lowest BCUT2D eigenvalue weighted by molar-refractivity contribution is -0.115. The number of primary amides is 1. The lowest BCUT2D eigenvalue weighted by Gasteiger charge is -2.26. The number of thiophene rings is 1. The minimum absolute atomic E-state index is 0.0629. The van der Waals surface area contributed by atoms with Gasteiger partial charge in [-0.2, -0.15) is 0 Å². The van der Waals surface area contributed by atoms with Crippen molar-refractivity contribution >= 4 is 39.2 Å². The van der Waals surface area contributed by atoms with Crippen LogP contribution in [0.2, 0.25) is 0 Å². The Balaban J connectivity index is 1.93. The Kier molecular flexibility index (Phi) is 5.50. The quantitative estimate of drug-likeness (QED) is 0.496. The third-order valence-electron chi connectivity index (χ3n) is 5.09. The molecule has 1 aromatic carbocycles. The van der Waals surface area contributed by atoms with E-state index in [0.29, 0.717) is 34.3 Å². The molecule has 29 heavy (non-hydrogen) atoms. The summed E-state index contributed by atoms with van der Waals surface area (Å²) in [4.78, 5) is 31.5. The van der Waals surface area contributed by atoms with Crippen LogP contribution < -0.4 is 11.3 Å². The number of ether oxygens (including phenoxy) is 1. The maximum Gasteiger partial charge on any atom is 0.267 e. The predicted molar refractivity (Wildman–Crippen MR) is 117 cm³/mol. The van der Waals surface area contributed by atoms with E-state index in [2.05, 4.69) is 13.8 Å². The van der Waals surface area contributed by atoms with Gasteiger partial charge in [0.15, 0.2) is 5.16 Å². The van der Waals surface area contributed by atoms with Crippen LogP contribution in [-0.4, -0.2) is 27.3 Å². The van der Waals surface area contributed by atoms with Crippen molar-refractivity contribution in [3.05, 3.63) is 50.6 Å². The SMILES string of the molecule is Cc1ccc(-n2c(SCC(N)=O)nc3sc4c(c3c2=O)C[C@H](C(C)C)OC4)cc1. The molecule has 0 bridgehead atoms. The van der Waals surface area contributed by atoms with Crippen LogP contribution in [0.4, 0.5) is 0 Å².